The molecule has 0 unspecified atom stereocenters. The van der Waals surface area contributed by atoms with Crippen LogP contribution in [0.1, 0.15) is 37.2 Å². The first-order valence-electron chi connectivity index (χ1n) is 6.61. The summed E-state index contributed by atoms with van der Waals surface area (Å²) in [6.07, 6.45) is 2.80. The third-order valence-corrected chi connectivity index (χ3v) is 3.73. The molecule has 0 aromatic carbocycles. The zero-order valence-corrected chi connectivity index (χ0v) is 12.6. The number of hydrogen-bond acceptors (Lipinski definition) is 4. The van der Waals surface area contributed by atoms with E-state index < -0.39 is 0 Å². The molecule has 1 N–H and O–H groups in total. The van der Waals surface area contributed by atoms with Gasteiger partial charge in [0.2, 0.25) is 0 Å². The summed E-state index contributed by atoms with van der Waals surface area (Å²) < 4.78 is 0. The lowest BCUT2D eigenvalue weighted by Crippen LogP contribution is -2.17. The molecule has 0 spiro atoms. The lowest BCUT2D eigenvalue weighted by Gasteiger charge is -2.14. The van der Waals surface area contributed by atoms with Crippen LogP contribution in [0.3, 0.4) is 0 Å². The van der Waals surface area contributed by atoms with E-state index in [0.29, 0.717) is 0 Å². The molecular formula is C15H21N3S. The van der Waals surface area contributed by atoms with Gasteiger partial charge in [-0.25, -0.2) is 4.98 Å². The molecule has 0 atom stereocenters. The van der Waals surface area contributed by atoms with Gasteiger partial charge in [-0.3, -0.25) is 4.98 Å². The number of pyridine rings is 1. The Bertz CT molecular complexity index is 500. The van der Waals surface area contributed by atoms with Crippen LogP contribution in [0.4, 0.5) is 0 Å². The highest BCUT2D eigenvalue weighted by Gasteiger charge is 2.16. The van der Waals surface area contributed by atoms with E-state index in [2.05, 4.69) is 47.5 Å². The SMILES string of the molecule is CC(C)(C)c1csc(CNCCc2ccccn2)n1. The van der Waals surface area contributed by atoms with Crippen LogP contribution in [0, 0.1) is 0 Å². The summed E-state index contributed by atoms with van der Waals surface area (Å²) in [6, 6.07) is 6.03. The third-order valence-electron chi connectivity index (χ3n) is 2.88. The molecule has 2 aromatic rings. The lowest BCUT2D eigenvalue weighted by atomic mass is 9.93. The van der Waals surface area contributed by atoms with E-state index in [1.165, 1.54) is 5.69 Å². The fourth-order valence-corrected chi connectivity index (χ4v) is 2.68. The summed E-state index contributed by atoms with van der Waals surface area (Å²) in [5, 5.41) is 6.74. The number of thiazole rings is 1. The van der Waals surface area contributed by atoms with E-state index >= 15 is 0 Å². The topological polar surface area (TPSA) is 37.8 Å². The van der Waals surface area contributed by atoms with Gasteiger partial charge in [-0.05, 0) is 12.1 Å². The highest BCUT2D eigenvalue weighted by atomic mass is 32.1. The van der Waals surface area contributed by atoms with Crippen molar-refractivity contribution in [1.29, 1.82) is 0 Å². The molecular weight excluding hydrogens is 254 g/mol. The van der Waals surface area contributed by atoms with Gasteiger partial charge in [-0.2, -0.15) is 0 Å². The monoisotopic (exact) mass is 275 g/mol. The molecule has 102 valence electrons. The van der Waals surface area contributed by atoms with E-state index in [1.54, 1.807) is 11.3 Å². The standard InChI is InChI=1S/C15H21N3S/c1-15(2,3)13-11-19-14(18-13)10-16-9-7-12-6-4-5-8-17-12/h4-6,8,11,16H,7,9-10H2,1-3H3. The molecule has 0 aliphatic carbocycles. The summed E-state index contributed by atoms with van der Waals surface area (Å²) in [5.41, 5.74) is 2.45. The summed E-state index contributed by atoms with van der Waals surface area (Å²) in [5.74, 6) is 0. The summed E-state index contributed by atoms with van der Waals surface area (Å²) in [4.78, 5) is 8.97. The van der Waals surface area contributed by atoms with Gasteiger partial charge in [0, 0.05) is 42.2 Å². The van der Waals surface area contributed by atoms with Crippen LogP contribution >= 0.6 is 11.3 Å². The molecule has 0 fully saturated rings. The normalized spacial score (nSPS) is 11.7. The van der Waals surface area contributed by atoms with Crippen molar-refractivity contribution in [3.8, 4) is 0 Å². The van der Waals surface area contributed by atoms with Crippen LogP contribution in [0.2, 0.25) is 0 Å². The Morgan fingerprint density at radius 3 is 2.74 bits per heavy atom. The number of hydrogen-bond donors (Lipinski definition) is 1. The van der Waals surface area contributed by atoms with Crippen molar-refractivity contribution in [3.05, 3.63) is 46.2 Å². The molecule has 0 saturated carbocycles. The molecule has 4 heteroatoms. The number of rotatable bonds is 5. The summed E-state index contributed by atoms with van der Waals surface area (Å²) >= 11 is 1.73. The fraction of sp³-hybridized carbons (Fsp3) is 0.467. The first kappa shape index (κ1) is 14.2. The maximum absolute atomic E-state index is 4.67. The number of aromatic nitrogens is 2. The van der Waals surface area contributed by atoms with Crippen LogP contribution in [0.5, 0.6) is 0 Å². The zero-order valence-electron chi connectivity index (χ0n) is 11.8. The van der Waals surface area contributed by atoms with Gasteiger partial charge >= 0.3 is 0 Å². The fourth-order valence-electron chi connectivity index (χ4n) is 1.69. The molecule has 0 bridgehead atoms. The minimum atomic E-state index is 0.142. The average molecular weight is 275 g/mol. The molecule has 19 heavy (non-hydrogen) atoms. The Labute approximate surface area is 119 Å². The minimum absolute atomic E-state index is 0.142. The zero-order chi connectivity index (χ0) is 13.7. The van der Waals surface area contributed by atoms with Crippen molar-refractivity contribution in [2.24, 2.45) is 0 Å². The molecule has 2 rings (SSSR count). The van der Waals surface area contributed by atoms with Crippen molar-refractivity contribution in [2.45, 2.75) is 39.2 Å². The van der Waals surface area contributed by atoms with Gasteiger partial charge in [0.15, 0.2) is 0 Å². The van der Waals surface area contributed by atoms with Gasteiger partial charge in [-0.15, -0.1) is 11.3 Å². The Kier molecular flexibility index (Phi) is 4.66. The third kappa shape index (κ3) is 4.40. The van der Waals surface area contributed by atoms with Crippen LogP contribution in [-0.4, -0.2) is 16.5 Å². The van der Waals surface area contributed by atoms with Crippen molar-refractivity contribution < 1.29 is 0 Å². The smallest absolute Gasteiger partial charge is 0.107 e. The summed E-state index contributed by atoms with van der Waals surface area (Å²) in [7, 11) is 0. The van der Waals surface area contributed by atoms with Crippen LogP contribution in [0.25, 0.3) is 0 Å². The maximum atomic E-state index is 4.67. The number of nitrogens with one attached hydrogen (secondary N) is 1. The molecule has 0 radical (unpaired) electrons. The Balaban J connectivity index is 1.76. The van der Waals surface area contributed by atoms with E-state index in [1.807, 2.05) is 18.3 Å². The highest BCUT2D eigenvalue weighted by Crippen LogP contribution is 2.23. The largest absolute Gasteiger partial charge is 0.310 e. The van der Waals surface area contributed by atoms with E-state index in [9.17, 15) is 0 Å². The van der Waals surface area contributed by atoms with Crippen molar-refractivity contribution in [1.82, 2.24) is 15.3 Å². The molecule has 0 aliphatic heterocycles. The second-order valence-electron chi connectivity index (χ2n) is 5.62. The Morgan fingerprint density at radius 1 is 1.26 bits per heavy atom. The molecule has 0 amide bonds. The predicted octanol–water partition coefficient (Wildman–Crippen LogP) is 3.17. The first-order valence-corrected chi connectivity index (χ1v) is 7.49. The molecule has 0 saturated heterocycles. The quantitative estimate of drug-likeness (QED) is 0.852. The number of nitrogens with zero attached hydrogens (tertiary/aromatic N) is 2. The van der Waals surface area contributed by atoms with Crippen molar-refractivity contribution in [3.63, 3.8) is 0 Å². The Morgan fingerprint density at radius 2 is 2.11 bits per heavy atom. The van der Waals surface area contributed by atoms with Gasteiger partial charge in [0.05, 0.1) is 5.69 Å². The summed E-state index contributed by atoms with van der Waals surface area (Å²) in [6.45, 7) is 8.36. The average Bonchev–Trinajstić information content (AvgIpc) is 2.85. The second-order valence-corrected chi connectivity index (χ2v) is 6.57. The molecule has 3 nitrogen and oxygen atoms in total. The van der Waals surface area contributed by atoms with E-state index in [-0.39, 0.29) is 5.41 Å². The molecule has 2 heterocycles. The van der Waals surface area contributed by atoms with Crippen LogP contribution in [0.15, 0.2) is 29.8 Å². The molecule has 2 aromatic heterocycles. The second kappa shape index (κ2) is 6.26. The highest BCUT2D eigenvalue weighted by molar-refractivity contribution is 7.09. The van der Waals surface area contributed by atoms with Gasteiger partial charge in [-0.1, -0.05) is 26.8 Å². The predicted molar refractivity (Wildman–Crippen MR) is 80.5 cm³/mol. The van der Waals surface area contributed by atoms with Crippen LogP contribution < -0.4 is 5.32 Å². The molecule has 0 aliphatic rings. The van der Waals surface area contributed by atoms with E-state index in [0.717, 1.165) is 30.2 Å². The van der Waals surface area contributed by atoms with Crippen molar-refractivity contribution >= 4 is 11.3 Å². The van der Waals surface area contributed by atoms with Crippen LogP contribution in [-0.2, 0) is 18.4 Å². The van der Waals surface area contributed by atoms with Gasteiger partial charge in [0.25, 0.3) is 0 Å². The van der Waals surface area contributed by atoms with Gasteiger partial charge in [0.1, 0.15) is 5.01 Å². The minimum Gasteiger partial charge on any atom is -0.310 e. The maximum Gasteiger partial charge on any atom is 0.107 e. The first-order chi connectivity index (χ1) is 9.05. The van der Waals surface area contributed by atoms with Gasteiger partial charge < -0.3 is 5.32 Å². The van der Waals surface area contributed by atoms with Crippen molar-refractivity contribution in [2.75, 3.05) is 6.54 Å². The lowest BCUT2D eigenvalue weighted by molar-refractivity contribution is 0.568. The Hall–Kier alpha value is -1.26. The van der Waals surface area contributed by atoms with E-state index in [4.69, 9.17) is 0 Å².